The third kappa shape index (κ3) is 2.42. The molecule has 0 unspecified atom stereocenters. The van der Waals surface area contributed by atoms with E-state index in [0.29, 0.717) is 6.61 Å². The Morgan fingerprint density at radius 2 is 2.30 bits per heavy atom. The van der Waals surface area contributed by atoms with Gasteiger partial charge in [0.15, 0.2) is 6.23 Å². The quantitative estimate of drug-likeness (QED) is 0.626. The van der Waals surface area contributed by atoms with Crippen LogP contribution in [-0.4, -0.2) is 55.9 Å². The first-order valence-corrected chi connectivity index (χ1v) is 6.30. The summed E-state index contributed by atoms with van der Waals surface area (Å²) in [5.41, 5.74) is -2.39. The van der Waals surface area contributed by atoms with Crippen LogP contribution in [0.1, 0.15) is 20.1 Å². The number of rotatable bonds is 4. The summed E-state index contributed by atoms with van der Waals surface area (Å²) in [5, 5.41) is 29.3. The van der Waals surface area contributed by atoms with Crippen molar-refractivity contribution in [1.82, 2.24) is 9.55 Å². The molecular formula is C12H18N2O6. The predicted octanol–water partition coefficient (Wildman–Crippen LogP) is -1.36. The lowest BCUT2D eigenvalue weighted by molar-refractivity contribution is -0.0988. The summed E-state index contributed by atoms with van der Waals surface area (Å²) in [4.78, 5) is 15.6. The molecule has 0 radical (unpaired) electrons. The molecule has 3 N–H and O–H groups in total. The number of aromatic nitrogens is 2. The molecular weight excluding hydrogens is 268 g/mol. The van der Waals surface area contributed by atoms with Crippen LogP contribution in [0, 0.1) is 0 Å². The highest BCUT2D eigenvalue weighted by atomic mass is 16.6. The Bertz CT molecular complexity index is 529. The molecule has 2 rings (SSSR count). The Morgan fingerprint density at radius 3 is 2.80 bits per heavy atom. The second-order valence-electron chi connectivity index (χ2n) is 4.77. The monoisotopic (exact) mass is 286 g/mol. The van der Waals surface area contributed by atoms with Crippen LogP contribution in [0.2, 0.25) is 0 Å². The van der Waals surface area contributed by atoms with Crippen LogP contribution in [-0.2, 0) is 4.74 Å². The van der Waals surface area contributed by atoms with Gasteiger partial charge in [-0.3, -0.25) is 4.57 Å². The topological polar surface area (TPSA) is 114 Å². The first kappa shape index (κ1) is 14.9. The molecule has 1 aliphatic rings. The summed E-state index contributed by atoms with van der Waals surface area (Å²) >= 11 is 0. The maximum absolute atomic E-state index is 11.9. The Labute approximate surface area is 115 Å². The second-order valence-corrected chi connectivity index (χ2v) is 4.77. The van der Waals surface area contributed by atoms with E-state index in [1.807, 2.05) is 0 Å². The Morgan fingerprint density at radius 1 is 1.60 bits per heavy atom. The number of nitrogens with zero attached hydrogens (tertiary/aromatic N) is 2. The minimum absolute atomic E-state index is 0.172. The minimum atomic E-state index is -1.72. The first-order chi connectivity index (χ1) is 9.41. The molecule has 1 fully saturated rings. The van der Waals surface area contributed by atoms with E-state index < -0.39 is 36.3 Å². The van der Waals surface area contributed by atoms with Gasteiger partial charge in [-0.15, -0.1) is 0 Å². The molecule has 2 heterocycles. The van der Waals surface area contributed by atoms with Gasteiger partial charge in [-0.2, -0.15) is 4.98 Å². The van der Waals surface area contributed by atoms with E-state index in [-0.39, 0.29) is 5.88 Å². The van der Waals surface area contributed by atoms with Gasteiger partial charge in [-0.25, -0.2) is 4.79 Å². The van der Waals surface area contributed by atoms with Crippen LogP contribution >= 0.6 is 0 Å². The molecule has 4 atom stereocenters. The maximum atomic E-state index is 11.9. The van der Waals surface area contributed by atoms with Crippen molar-refractivity contribution in [2.45, 2.75) is 37.9 Å². The Balaban J connectivity index is 2.34. The van der Waals surface area contributed by atoms with Crippen molar-refractivity contribution in [2.24, 2.45) is 0 Å². The lowest BCUT2D eigenvalue weighted by Crippen LogP contribution is -2.46. The van der Waals surface area contributed by atoms with Gasteiger partial charge in [0, 0.05) is 12.3 Å². The van der Waals surface area contributed by atoms with Crippen LogP contribution in [0.25, 0.3) is 0 Å². The summed E-state index contributed by atoms with van der Waals surface area (Å²) < 4.78 is 11.5. The first-order valence-electron chi connectivity index (χ1n) is 6.30. The highest BCUT2D eigenvalue weighted by Crippen LogP contribution is 2.37. The fraction of sp³-hybridized carbons (Fsp3) is 0.667. The summed E-state index contributed by atoms with van der Waals surface area (Å²) in [6, 6.07) is 1.46. The van der Waals surface area contributed by atoms with E-state index in [1.165, 1.54) is 19.2 Å². The average molecular weight is 286 g/mol. The van der Waals surface area contributed by atoms with Crippen LogP contribution in [0.4, 0.5) is 0 Å². The number of ether oxygens (including phenoxy) is 2. The molecule has 0 spiro atoms. The molecule has 0 aliphatic carbocycles. The molecule has 8 nitrogen and oxygen atoms in total. The third-order valence-electron chi connectivity index (χ3n) is 3.28. The maximum Gasteiger partial charge on any atom is 0.353 e. The molecule has 1 aliphatic heterocycles. The standard InChI is InChI=1S/C12H18N2O6/c1-3-19-8-4-5-14(11(17)13-8)10-12(2,18)9(16)7(6-15)20-10/h4-5,7,9-10,15-16,18H,3,6H2,1-2H3/t7-,9-,10-,12-/m1/s1. The number of aliphatic hydroxyl groups is 3. The van der Waals surface area contributed by atoms with Crippen molar-refractivity contribution in [3.05, 3.63) is 22.7 Å². The molecule has 0 bridgehead atoms. The molecule has 0 aromatic carbocycles. The molecule has 1 aromatic heterocycles. The van der Waals surface area contributed by atoms with Crippen LogP contribution < -0.4 is 10.4 Å². The predicted molar refractivity (Wildman–Crippen MR) is 67.3 cm³/mol. The van der Waals surface area contributed by atoms with Gasteiger partial charge >= 0.3 is 5.69 Å². The van der Waals surface area contributed by atoms with Gasteiger partial charge < -0.3 is 24.8 Å². The SMILES string of the molecule is CCOc1ccn([C@@H]2O[C@H](CO)[C@@H](O)[C@@]2(C)O)c(=O)n1. The zero-order valence-electron chi connectivity index (χ0n) is 11.3. The molecule has 1 saturated heterocycles. The summed E-state index contributed by atoms with van der Waals surface area (Å²) in [6.07, 6.45) is -2.04. The van der Waals surface area contributed by atoms with E-state index in [2.05, 4.69) is 4.98 Å². The molecule has 20 heavy (non-hydrogen) atoms. The van der Waals surface area contributed by atoms with Gasteiger partial charge in [-0.1, -0.05) is 0 Å². The fourth-order valence-corrected chi connectivity index (χ4v) is 2.19. The average Bonchev–Trinajstić information content (AvgIpc) is 2.62. The van der Waals surface area contributed by atoms with Crippen LogP contribution in [0.5, 0.6) is 5.88 Å². The number of aliphatic hydroxyl groups excluding tert-OH is 2. The van der Waals surface area contributed by atoms with Gasteiger partial charge in [-0.05, 0) is 13.8 Å². The second kappa shape index (κ2) is 5.49. The molecule has 1 aromatic rings. The number of hydrogen-bond acceptors (Lipinski definition) is 7. The molecule has 0 saturated carbocycles. The highest BCUT2D eigenvalue weighted by molar-refractivity contribution is 5.08. The van der Waals surface area contributed by atoms with E-state index in [4.69, 9.17) is 14.6 Å². The lowest BCUT2D eigenvalue weighted by atomic mass is 9.96. The third-order valence-corrected chi connectivity index (χ3v) is 3.28. The van der Waals surface area contributed by atoms with Crippen molar-refractivity contribution >= 4 is 0 Å². The fourth-order valence-electron chi connectivity index (χ4n) is 2.19. The number of hydrogen-bond donors (Lipinski definition) is 3. The van der Waals surface area contributed by atoms with Crippen molar-refractivity contribution in [2.75, 3.05) is 13.2 Å². The summed E-state index contributed by atoms with van der Waals surface area (Å²) in [7, 11) is 0. The van der Waals surface area contributed by atoms with Crippen molar-refractivity contribution < 1.29 is 24.8 Å². The van der Waals surface area contributed by atoms with E-state index >= 15 is 0 Å². The highest BCUT2D eigenvalue weighted by Gasteiger charge is 2.53. The smallest absolute Gasteiger partial charge is 0.353 e. The van der Waals surface area contributed by atoms with E-state index in [1.54, 1.807) is 6.92 Å². The van der Waals surface area contributed by atoms with Crippen molar-refractivity contribution in [3.63, 3.8) is 0 Å². The summed E-state index contributed by atoms with van der Waals surface area (Å²) in [5.74, 6) is 0.172. The van der Waals surface area contributed by atoms with Gasteiger partial charge in [0.2, 0.25) is 5.88 Å². The van der Waals surface area contributed by atoms with Crippen molar-refractivity contribution in [3.8, 4) is 5.88 Å². The van der Waals surface area contributed by atoms with Gasteiger partial charge in [0.1, 0.15) is 17.8 Å². The van der Waals surface area contributed by atoms with Gasteiger partial charge in [0.05, 0.1) is 13.2 Å². The van der Waals surface area contributed by atoms with Crippen LogP contribution in [0.15, 0.2) is 17.1 Å². The largest absolute Gasteiger partial charge is 0.478 e. The Hall–Kier alpha value is -1.48. The zero-order valence-corrected chi connectivity index (χ0v) is 11.3. The minimum Gasteiger partial charge on any atom is -0.478 e. The van der Waals surface area contributed by atoms with Crippen molar-refractivity contribution in [1.29, 1.82) is 0 Å². The lowest BCUT2D eigenvalue weighted by Gasteiger charge is -2.27. The molecule has 8 heteroatoms. The van der Waals surface area contributed by atoms with E-state index in [9.17, 15) is 15.0 Å². The zero-order chi connectivity index (χ0) is 14.9. The van der Waals surface area contributed by atoms with Gasteiger partial charge in [0.25, 0.3) is 0 Å². The van der Waals surface area contributed by atoms with Crippen LogP contribution in [0.3, 0.4) is 0 Å². The van der Waals surface area contributed by atoms with E-state index in [0.717, 1.165) is 4.57 Å². The molecule has 112 valence electrons. The summed E-state index contributed by atoms with van der Waals surface area (Å²) in [6.45, 7) is 3.01. The normalized spacial score (nSPS) is 33.4. The Kier molecular flexibility index (Phi) is 4.09. The molecule has 0 amide bonds.